The van der Waals surface area contributed by atoms with E-state index in [9.17, 15) is 9.59 Å². The van der Waals surface area contributed by atoms with E-state index < -0.39 is 5.97 Å². The number of ether oxygens (including phenoxy) is 1. The lowest BCUT2D eigenvalue weighted by Crippen LogP contribution is -2.17. The summed E-state index contributed by atoms with van der Waals surface area (Å²) >= 11 is 3.29. The van der Waals surface area contributed by atoms with Gasteiger partial charge in [0.15, 0.2) is 11.5 Å². The number of halogens is 1. The van der Waals surface area contributed by atoms with Gasteiger partial charge < -0.3 is 10.5 Å². The van der Waals surface area contributed by atoms with Gasteiger partial charge in [0.2, 0.25) is 0 Å². The normalized spacial score (nSPS) is 10.7. The molecule has 0 radical (unpaired) electrons. The van der Waals surface area contributed by atoms with E-state index in [1.807, 2.05) is 0 Å². The van der Waals surface area contributed by atoms with E-state index in [2.05, 4.69) is 30.9 Å². The Kier molecular flexibility index (Phi) is 4.02. The predicted molar refractivity (Wildman–Crippen MR) is 84.7 cm³/mol. The lowest BCUT2D eigenvalue weighted by molar-refractivity contribution is 0.0461. The molecule has 0 amide bonds. The van der Waals surface area contributed by atoms with E-state index >= 15 is 0 Å². The van der Waals surface area contributed by atoms with Gasteiger partial charge in [0.05, 0.1) is 5.69 Å². The zero-order valence-corrected chi connectivity index (χ0v) is 13.2. The molecule has 0 aromatic carbocycles. The summed E-state index contributed by atoms with van der Waals surface area (Å²) in [6.07, 6.45) is 4.32. The van der Waals surface area contributed by atoms with Crippen molar-refractivity contribution in [2.75, 3.05) is 5.73 Å². The van der Waals surface area contributed by atoms with Crippen LogP contribution >= 0.6 is 15.9 Å². The maximum atomic E-state index is 12.0. The molecule has 116 valence electrons. The molecule has 3 aromatic rings. The first-order valence-corrected chi connectivity index (χ1v) is 7.25. The van der Waals surface area contributed by atoms with Gasteiger partial charge in [-0.1, -0.05) is 0 Å². The number of esters is 1. The number of rotatable bonds is 3. The SMILES string of the molecule is Nc1nccnc1C(=O)OCc1cc(=O)n2cc(Br)ccc2n1. The Morgan fingerprint density at radius 3 is 2.87 bits per heavy atom. The van der Waals surface area contributed by atoms with Crippen molar-refractivity contribution in [3.8, 4) is 0 Å². The molecular formula is C14H10BrN5O3. The van der Waals surface area contributed by atoms with Crippen LogP contribution in [0.15, 0.2) is 46.1 Å². The summed E-state index contributed by atoms with van der Waals surface area (Å²) in [6, 6.07) is 4.74. The number of pyridine rings is 1. The van der Waals surface area contributed by atoms with Gasteiger partial charge in [-0.15, -0.1) is 0 Å². The number of hydrogen-bond acceptors (Lipinski definition) is 7. The fourth-order valence-electron chi connectivity index (χ4n) is 1.91. The van der Waals surface area contributed by atoms with Crippen molar-refractivity contribution in [1.29, 1.82) is 0 Å². The Morgan fingerprint density at radius 2 is 2.09 bits per heavy atom. The Morgan fingerprint density at radius 1 is 1.30 bits per heavy atom. The lowest BCUT2D eigenvalue weighted by atomic mass is 10.3. The van der Waals surface area contributed by atoms with Crippen LogP contribution in [0.5, 0.6) is 0 Å². The minimum absolute atomic E-state index is 0.0195. The highest BCUT2D eigenvalue weighted by molar-refractivity contribution is 9.10. The second-order valence-electron chi connectivity index (χ2n) is 4.53. The topological polar surface area (TPSA) is 112 Å². The summed E-state index contributed by atoms with van der Waals surface area (Å²) in [7, 11) is 0. The van der Waals surface area contributed by atoms with Crippen molar-refractivity contribution >= 4 is 33.4 Å². The molecule has 3 aromatic heterocycles. The fourth-order valence-corrected chi connectivity index (χ4v) is 2.25. The number of fused-ring (bicyclic) bond motifs is 1. The maximum absolute atomic E-state index is 12.0. The van der Waals surface area contributed by atoms with Crippen molar-refractivity contribution in [2.45, 2.75) is 6.61 Å². The molecule has 2 N–H and O–H groups in total. The predicted octanol–water partition coefficient (Wildman–Crippen LogP) is 1.19. The first kappa shape index (κ1) is 15.1. The third-order valence-electron chi connectivity index (χ3n) is 2.95. The molecule has 23 heavy (non-hydrogen) atoms. The van der Waals surface area contributed by atoms with E-state index in [1.54, 1.807) is 18.3 Å². The number of aromatic nitrogens is 4. The van der Waals surface area contributed by atoms with Crippen LogP contribution in [0.4, 0.5) is 5.82 Å². The molecule has 0 unspecified atom stereocenters. The Labute approximate surface area is 138 Å². The molecule has 9 heteroatoms. The maximum Gasteiger partial charge on any atom is 0.361 e. The average molecular weight is 376 g/mol. The molecule has 3 heterocycles. The minimum Gasteiger partial charge on any atom is -0.454 e. The zero-order valence-electron chi connectivity index (χ0n) is 11.6. The van der Waals surface area contributed by atoms with Crippen LogP contribution < -0.4 is 11.3 Å². The van der Waals surface area contributed by atoms with Gasteiger partial charge >= 0.3 is 5.97 Å². The molecule has 3 rings (SSSR count). The number of carbonyl (C=O) groups excluding carboxylic acids is 1. The van der Waals surface area contributed by atoms with E-state index in [0.717, 1.165) is 4.47 Å². The van der Waals surface area contributed by atoms with Gasteiger partial charge in [-0.05, 0) is 28.1 Å². The molecule has 0 atom stereocenters. The third kappa shape index (κ3) is 3.19. The smallest absolute Gasteiger partial charge is 0.361 e. The number of hydrogen-bond donors (Lipinski definition) is 1. The van der Waals surface area contributed by atoms with Gasteiger partial charge in [0, 0.05) is 29.1 Å². The Hall–Kier alpha value is -2.81. The number of nitrogens with two attached hydrogens (primary N) is 1. The van der Waals surface area contributed by atoms with Gasteiger partial charge in [0.25, 0.3) is 5.56 Å². The number of nitrogens with zero attached hydrogens (tertiary/aromatic N) is 4. The van der Waals surface area contributed by atoms with Gasteiger partial charge in [-0.3, -0.25) is 9.20 Å². The molecule has 0 aliphatic heterocycles. The van der Waals surface area contributed by atoms with E-state index in [0.29, 0.717) is 11.3 Å². The van der Waals surface area contributed by atoms with Crippen molar-refractivity contribution in [1.82, 2.24) is 19.4 Å². The average Bonchev–Trinajstić information content (AvgIpc) is 2.54. The number of anilines is 1. The molecule has 0 saturated heterocycles. The van der Waals surface area contributed by atoms with Gasteiger partial charge in [0.1, 0.15) is 12.3 Å². The summed E-state index contributed by atoms with van der Waals surface area (Å²) in [6.45, 7) is -0.170. The van der Waals surface area contributed by atoms with Gasteiger partial charge in [-0.25, -0.2) is 19.7 Å². The van der Waals surface area contributed by atoms with Crippen molar-refractivity contribution in [2.24, 2.45) is 0 Å². The van der Waals surface area contributed by atoms with E-state index in [-0.39, 0.29) is 23.7 Å². The Bertz CT molecular complexity index is 957. The standard InChI is InChI=1S/C14H10BrN5O3/c15-8-1-2-10-19-9(5-11(21)20(10)6-8)7-23-14(22)12-13(16)18-4-3-17-12/h1-6H,7H2,(H2,16,18). The third-order valence-corrected chi connectivity index (χ3v) is 3.42. The summed E-state index contributed by atoms with van der Waals surface area (Å²) < 4.78 is 7.22. The first-order valence-electron chi connectivity index (χ1n) is 6.46. The lowest BCUT2D eigenvalue weighted by Gasteiger charge is -2.06. The van der Waals surface area contributed by atoms with Crippen molar-refractivity contribution in [3.63, 3.8) is 0 Å². The summed E-state index contributed by atoms with van der Waals surface area (Å²) in [5.74, 6) is -0.748. The van der Waals surface area contributed by atoms with Crippen LogP contribution in [0.3, 0.4) is 0 Å². The molecule has 0 aliphatic rings. The van der Waals surface area contributed by atoms with Crippen LogP contribution in [-0.2, 0) is 11.3 Å². The first-order chi connectivity index (χ1) is 11.0. The Balaban J connectivity index is 1.82. The quantitative estimate of drug-likeness (QED) is 0.683. The molecule has 0 fully saturated rings. The highest BCUT2D eigenvalue weighted by Gasteiger charge is 2.14. The van der Waals surface area contributed by atoms with Crippen LogP contribution in [0.1, 0.15) is 16.2 Å². The minimum atomic E-state index is -0.728. The van der Waals surface area contributed by atoms with Crippen LogP contribution in [0, 0.1) is 0 Å². The molecule has 0 bridgehead atoms. The summed E-state index contributed by atoms with van der Waals surface area (Å²) in [5.41, 5.74) is 5.98. The fraction of sp³-hybridized carbons (Fsp3) is 0.0714. The largest absolute Gasteiger partial charge is 0.454 e. The molecule has 0 spiro atoms. The van der Waals surface area contributed by atoms with E-state index in [1.165, 1.54) is 22.9 Å². The molecule has 0 aliphatic carbocycles. The van der Waals surface area contributed by atoms with Crippen LogP contribution in [0.25, 0.3) is 5.65 Å². The van der Waals surface area contributed by atoms with Crippen molar-refractivity contribution < 1.29 is 9.53 Å². The zero-order chi connectivity index (χ0) is 16.4. The number of carbonyl (C=O) groups is 1. The highest BCUT2D eigenvalue weighted by atomic mass is 79.9. The monoisotopic (exact) mass is 375 g/mol. The molecule has 8 nitrogen and oxygen atoms in total. The summed E-state index contributed by atoms with van der Waals surface area (Å²) in [5, 5.41) is 0. The number of nitrogen functional groups attached to an aromatic ring is 1. The van der Waals surface area contributed by atoms with Crippen LogP contribution in [0.2, 0.25) is 0 Å². The molecule has 0 saturated carbocycles. The second-order valence-corrected chi connectivity index (χ2v) is 5.44. The van der Waals surface area contributed by atoms with Crippen molar-refractivity contribution in [3.05, 3.63) is 63.0 Å². The van der Waals surface area contributed by atoms with E-state index in [4.69, 9.17) is 10.5 Å². The second kappa shape index (κ2) is 6.13. The highest BCUT2D eigenvalue weighted by Crippen LogP contribution is 2.10. The van der Waals surface area contributed by atoms with Gasteiger partial charge in [-0.2, -0.15) is 0 Å². The van der Waals surface area contributed by atoms with Crippen LogP contribution in [-0.4, -0.2) is 25.3 Å². The summed E-state index contributed by atoms with van der Waals surface area (Å²) in [4.78, 5) is 35.8. The molecular weight excluding hydrogens is 366 g/mol.